The monoisotopic (exact) mass is 172 g/mol. The van der Waals surface area contributed by atoms with Crippen molar-refractivity contribution >= 4 is 0 Å². The molecule has 0 aliphatic heterocycles. The van der Waals surface area contributed by atoms with Gasteiger partial charge in [0, 0.05) is 7.11 Å². The largest absolute Gasteiger partial charge is 0.382 e. The molecule has 70 valence electrons. The summed E-state index contributed by atoms with van der Waals surface area (Å²) in [6.45, 7) is 4.25. The van der Waals surface area contributed by atoms with E-state index < -0.39 is 5.54 Å². The molecule has 2 N–H and O–H groups in total. The second-order valence-electron chi connectivity index (χ2n) is 3.11. The van der Waals surface area contributed by atoms with Crippen molar-refractivity contribution < 1.29 is 9.47 Å². The van der Waals surface area contributed by atoms with Gasteiger partial charge in [0.15, 0.2) is 0 Å². The third-order valence-corrected chi connectivity index (χ3v) is 1.32. The standard InChI is InChI=1S/C8H16N2O2/c1-7(4-11-3)12-6-8(2,10)5-9/h7H,4,6,10H2,1-3H3. The summed E-state index contributed by atoms with van der Waals surface area (Å²) in [5.41, 5.74) is 4.63. The lowest BCUT2D eigenvalue weighted by atomic mass is 10.1. The van der Waals surface area contributed by atoms with Gasteiger partial charge in [-0.2, -0.15) is 5.26 Å². The summed E-state index contributed by atoms with van der Waals surface area (Å²) < 4.78 is 10.1. The van der Waals surface area contributed by atoms with E-state index in [9.17, 15) is 0 Å². The maximum Gasteiger partial charge on any atom is 0.125 e. The molecule has 0 amide bonds. The van der Waals surface area contributed by atoms with Crippen LogP contribution in [0.1, 0.15) is 13.8 Å². The Morgan fingerprint density at radius 1 is 1.67 bits per heavy atom. The van der Waals surface area contributed by atoms with Gasteiger partial charge >= 0.3 is 0 Å². The SMILES string of the molecule is COCC(C)OCC(C)(N)C#N. The van der Waals surface area contributed by atoms with Gasteiger partial charge in [0.25, 0.3) is 0 Å². The van der Waals surface area contributed by atoms with Gasteiger partial charge in [0.1, 0.15) is 5.54 Å². The summed E-state index contributed by atoms with van der Waals surface area (Å²) in [4.78, 5) is 0. The topological polar surface area (TPSA) is 68.3 Å². The van der Waals surface area contributed by atoms with E-state index in [2.05, 4.69) is 0 Å². The van der Waals surface area contributed by atoms with Crippen LogP contribution in [0.2, 0.25) is 0 Å². The van der Waals surface area contributed by atoms with E-state index >= 15 is 0 Å². The summed E-state index contributed by atoms with van der Waals surface area (Å²) in [7, 11) is 1.60. The van der Waals surface area contributed by atoms with Gasteiger partial charge in [-0.1, -0.05) is 0 Å². The highest BCUT2D eigenvalue weighted by Crippen LogP contribution is 2.00. The summed E-state index contributed by atoms with van der Waals surface area (Å²) >= 11 is 0. The number of nitriles is 1. The first-order valence-corrected chi connectivity index (χ1v) is 3.82. The van der Waals surface area contributed by atoms with Crippen molar-refractivity contribution in [1.29, 1.82) is 5.26 Å². The predicted molar refractivity (Wildman–Crippen MR) is 45.5 cm³/mol. The first kappa shape index (κ1) is 11.4. The van der Waals surface area contributed by atoms with Crippen LogP contribution < -0.4 is 5.73 Å². The second kappa shape index (κ2) is 5.09. The van der Waals surface area contributed by atoms with Crippen LogP contribution in [0.4, 0.5) is 0 Å². The molecule has 0 bridgehead atoms. The molecule has 0 fully saturated rings. The maximum absolute atomic E-state index is 8.55. The minimum atomic E-state index is -0.901. The van der Waals surface area contributed by atoms with E-state index in [1.165, 1.54) is 0 Å². The molecule has 0 aliphatic carbocycles. The molecule has 0 saturated heterocycles. The zero-order valence-electron chi connectivity index (χ0n) is 7.83. The molecule has 0 aromatic heterocycles. The third-order valence-electron chi connectivity index (χ3n) is 1.32. The number of hydrogen-bond acceptors (Lipinski definition) is 4. The first-order valence-electron chi connectivity index (χ1n) is 3.82. The molecule has 0 saturated carbocycles. The Morgan fingerprint density at radius 2 is 2.25 bits per heavy atom. The highest BCUT2D eigenvalue weighted by Gasteiger charge is 2.18. The first-order chi connectivity index (χ1) is 5.52. The molecule has 2 unspecified atom stereocenters. The van der Waals surface area contributed by atoms with Crippen LogP contribution in [0.25, 0.3) is 0 Å². The molecule has 0 heterocycles. The van der Waals surface area contributed by atoms with Crippen molar-refractivity contribution in [3.05, 3.63) is 0 Å². The average Bonchev–Trinajstić information content (AvgIpc) is 2.02. The summed E-state index contributed by atoms with van der Waals surface area (Å²) in [5, 5.41) is 8.55. The molecule has 0 spiro atoms. The normalized spacial score (nSPS) is 17.9. The van der Waals surface area contributed by atoms with E-state index in [0.29, 0.717) is 6.61 Å². The third kappa shape index (κ3) is 5.08. The molecule has 4 nitrogen and oxygen atoms in total. The van der Waals surface area contributed by atoms with Crippen LogP contribution in [0.3, 0.4) is 0 Å². The molecule has 4 heteroatoms. The van der Waals surface area contributed by atoms with Crippen molar-refractivity contribution in [2.45, 2.75) is 25.5 Å². The number of rotatable bonds is 5. The van der Waals surface area contributed by atoms with Gasteiger partial charge in [0.05, 0.1) is 25.4 Å². The van der Waals surface area contributed by atoms with E-state index in [-0.39, 0.29) is 12.7 Å². The Morgan fingerprint density at radius 3 is 2.67 bits per heavy atom. The van der Waals surface area contributed by atoms with Crippen LogP contribution in [-0.2, 0) is 9.47 Å². The predicted octanol–water partition coefficient (Wildman–Crippen LogP) is 0.279. The number of methoxy groups -OCH3 is 1. The van der Waals surface area contributed by atoms with Crippen molar-refractivity contribution in [3.8, 4) is 6.07 Å². The molecule has 0 aromatic carbocycles. The van der Waals surface area contributed by atoms with E-state index in [1.807, 2.05) is 13.0 Å². The maximum atomic E-state index is 8.55. The Kier molecular flexibility index (Phi) is 4.83. The van der Waals surface area contributed by atoms with Crippen LogP contribution >= 0.6 is 0 Å². The zero-order valence-corrected chi connectivity index (χ0v) is 7.83. The molecule has 0 rings (SSSR count). The summed E-state index contributed by atoms with van der Waals surface area (Å²) in [6.07, 6.45) is -0.0220. The van der Waals surface area contributed by atoms with Crippen LogP contribution in [0, 0.1) is 11.3 Å². The second-order valence-corrected chi connectivity index (χ2v) is 3.11. The van der Waals surface area contributed by atoms with Crippen LogP contribution in [0.15, 0.2) is 0 Å². The quantitative estimate of drug-likeness (QED) is 0.646. The highest BCUT2D eigenvalue weighted by atomic mass is 16.5. The van der Waals surface area contributed by atoms with E-state index in [0.717, 1.165) is 0 Å². The molecule has 2 atom stereocenters. The average molecular weight is 172 g/mol. The molecule has 12 heavy (non-hydrogen) atoms. The van der Waals surface area contributed by atoms with Crippen molar-refractivity contribution in [2.75, 3.05) is 20.3 Å². The lowest BCUT2D eigenvalue weighted by molar-refractivity contribution is -0.00257. The lowest BCUT2D eigenvalue weighted by Gasteiger charge is -2.18. The molecule has 0 radical (unpaired) electrons. The Labute approximate surface area is 73.3 Å². The van der Waals surface area contributed by atoms with Crippen molar-refractivity contribution in [2.24, 2.45) is 5.73 Å². The van der Waals surface area contributed by atoms with E-state index in [4.69, 9.17) is 20.5 Å². The fraction of sp³-hybridized carbons (Fsp3) is 0.875. The van der Waals surface area contributed by atoms with Gasteiger partial charge in [-0.25, -0.2) is 0 Å². The van der Waals surface area contributed by atoms with Crippen LogP contribution in [-0.4, -0.2) is 32.0 Å². The van der Waals surface area contributed by atoms with Gasteiger partial charge in [-0.3, -0.25) is 0 Å². The van der Waals surface area contributed by atoms with Gasteiger partial charge < -0.3 is 15.2 Å². The molecule has 0 aliphatic rings. The van der Waals surface area contributed by atoms with Crippen molar-refractivity contribution in [3.63, 3.8) is 0 Å². The number of nitrogens with zero attached hydrogens (tertiary/aromatic N) is 1. The van der Waals surface area contributed by atoms with Crippen LogP contribution in [0.5, 0.6) is 0 Å². The molecular formula is C8H16N2O2. The molecule has 0 aromatic rings. The van der Waals surface area contributed by atoms with Crippen molar-refractivity contribution in [1.82, 2.24) is 0 Å². The zero-order chi connectivity index (χ0) is 9.61. The summed E-state index contributed by atoms with van der Waals surface area (Å²) in [5.74, 6) is 0. The minimum Gasteiger partial charge on any atom is -0.382 e. The molecular weight excluding hydrogens is 156 g/mol. The fourth-order valence-electron chi connectivity index (χ4n) is 0.630. The Hall–Kier alpha value is -0.630. The number of ether oxygens (including phenoxy) is 2. The van der Waals surface area contributed by atoms with E-state index in [1.54, 1.807) is 14.0 Å². The Balaban J connectivity index is 3.62. The number of hydrogen-bond donors (Lipinski definition) is 1. The smallest absolute Gasteiger partial charge is 0.125 e. The van der Waals surface area contributed by atoms with Gasteiger partial charge in [0.2, 0.25) is 0 Å². The van der Waals surface area contributed by atoms with Gasteiger partial charge in [-0.05, 0) is 13.8 Å². The minimum absolute atomic E-state index is 0.0220. The summed E-state index contributed by atoms with van der Waals surface area (Å²) in [6, 6.07) is 1.95. The fourth-order valence-corrected chi connectivity index (χ4v) is 0.630. The number of nitrogens with two attached hydrogens (primary N) is 1. The Bertz CT molecular complexity index is 163. The highest BCUT2D eigenvalue weighted by molar-refractivity contribution is 5.00. The lowest BCUT2D eigenvalue weighted by Crippen LogP contribution is -2.41. The van der Waals surface area contributed by atoms with Gasteiger partial charge in [-0.15, -0.1) is 0 Å².